The Morgan fingerprint density at radius 2 is 1.03 bits per heavy atom. The van der Waals surface area contributed by atoms with Gasteiger partial charge in [0.2, 0.25) is 0 Å². The molecule has 15 heteroatoms. The van der Waals surface area contributed by atoms with Crippen LogP contribution in [0.3, 0.4) is 0 Å². The molecule has 35 heavy (non-hydrogen) atoms. The summed E-state index contributed by atoms with van der Waals surface area (Å²) in [4.78, 5) is 5.39. The number of hydrogen-bond acceptors (Lipinski definition) is 9. The lowest BCUT2D eigenvalue weighted by Crippen LogP contribution is -2.38. The van der Waals surface area contributed by atoms with E-state index in [1.165, 1.54) is 38.2 Å². The molecule has 0 aromatic carbocycles. The summed E-state index contributed by atoms with van der Waals surface area (Å²) in [6.45, 7) is 5.21. The van der Waals surface area contributed by atoms with E-state index in [9.17, 15) is 0 Å². The molecule has 3 aromatic rings. The summed E-state index contributed by atoms with van der Waals surface area (Å²) in [7, 11) is 0.966. The fourth-order valence-electron chi connectivity index (χ4n) is 4.54. The topological polar surface area (TPSA) is 56.6 Å². The lowest BCUT2D eigenvalue weighted by atomic mass is 9.76. The molecular weight excluding hydrogens is 631 g/mol. The van der Waals surface area contributed by atoms with E-state index >= 15 is 0 Å². The van der Waals surface area contributed by atoms with Crippen molar-refractivity contribution in [3.05, 3.63) is 43.0 Å². The summed E-state index contributed by atoms with van der Waals surface area (Å²) in [5.74, 6) is 0. The fraction of sp³-hybridized carbons (Fsp3) is 0.400. The Morgan fingerprint density at radius 3 is 1.37 bits per heavy atom. The van der Waals surface area contributed by atoms with Crippen LogP contribution in [0.2, 0.25) is 0 Å². The van der Waals surface area contributed by atoms with Crippen molar-refractivity contribution in [2.24, 2.45) is 0 Å². The number of rotatable bonds is 12. The number of halogens is 2. The van der Waals surface area contributed by atoms with Gasteiger partial charge < -0.3 is 28.1 Å². The first-order valence-corrected chi connectivity index (χ1v) is 15.8. The Balaban J connectivity index is 1.08. The van der Waals surface area contributed by atoms with Crippen molar-refractivity contribution in [1.82, 2.24) is 9.44 Å². The Kier molecular flexibility index (Phi) is 6.90. The van der Waals surface area contributed by atoms with E-state index in [0.29, 0.717) is 0 Å². The molecule has 0 unspecified atom stereocenters. The average molecular weight is 652 g/mol. The Morgan fingerprint density at radius 1 is 0.657 bits per heavy atom. The van der Waals surface area contributed by atoms with Gasteiger partial charge in [0.25, 0.3) is 0 Å². The summed E-state index contributed by atoms with van der Waals surface area (Å²) < 4.78 is 29.2. The van der Waals surface area contributed by atoms with Gasteiger partial charge in [-0.1, -0.05) is 0 Å². The van der Waals surface area contributed by atoms with Crippen molar-refractivity contribution in [3.8, 4) is 19.5 Å². The number of nitrogens with zero attached hydrogens (tertiary/aromatic N) is 2. The summed E-state index contributed by atoms with van der Waals surface area (Å²) in [5, 5.41) is 0. The van der Waals surface area contributed by atoms with Crippen LogP contribution in [0.15, 0.2) is 31.8 Å². The predicted molar refractivity (Wildman–Crippen MR) is 154 cm³/mol. The molecule has 0 N–H and O–H groups in total. The van der Waals surface area contributed by atoms with Gasteiger partial charge in [0.15, 0.2) is 0 Å². The zero-order valence-electron chi connectivity index (χ0n) is 18.8. The second kappa shape index (κ2) is 10.00. The third-order valence-corrected chi connectivity index (χ3v) is 11.4. The van der Waals surface area contributed by atoms with Crippen LogP contribution < -0.4 is 0 Å². The van der Waals surface area contributed by atoms with Crippen molar-refractivity contribution >= 4 is 94.1 Å². The molecule has 0 radical (unpaired) electrons. The molecule has 7 heterocycles. The second-order valence-corrected chi connectivity index (χ2v) is 15.0. The van der Waals surface area contributed by atoms with Crippen LogP contribution in [0, 0.1) is 0 Å². The van der Waals surface area contributed by atoms with Crippen molar-refractivity contribution in [2.75, 3.05) is 39.1 Å². The van der Waals surface area contributed by atoms with E-state index in [4.69, 9.17) is 18.6 Å². The smallest absolute Gasteiger partial charge is 0.398 e. The molecule has 178 valence electrons. The maximum absolute atomic E-state index is 5.54. The third kappa shape index (κ3) is 5.61. The van der Waals surface area contributed by atoms with Gasteiger partial charge in [-0.05, 0) is 93.2 Å². The highest BCUT2D eigenvalue weighted by atomic mass is 79.9. The standard InChI is InChI=1S/C20H20B4Br2N2O4S3/c25-17-7-13(3-5-27(21-9-29-21)22-10-30-22)19(34-17)15-1-2-16(33-15)20-14(8-18(26)35-20)4-6-28(23-11-31-23)24-12-32-24/h1-2,7-8H,3-6,9-12H2. The quantitative estimate of drug-likeness (QED) is 0.210. The molecule has 3 aromatic heterocycles. The Bertz CT molecular complexity index is 1110. The molecular formula is C20H20B4Br2N2O4S3. The van der Waals surface area contributed by atoms with Crippen molar-refractivity contribution in [1.29, 1.82) is 0 Å². The zero-order valence-corrected chi connectivity index (χ0v) is 24.4. The average Bonchev–Trinajstić information content (AvgIpc) is 3.66. The molecule has 4 aliphatic heterocycles. The van der Waals surface area contributed by atoms with Crippen molar-refractivity contribution < 1.29 is 18.6 Å². The van der Waals surface area contributed by atoms with Gasteiger partial charge in [-0.3, -0.25) is 0 Å². The van der Waals surface area contributed by atoms with Crippen LogP contribution >= 0.6 is 65.9 Å². The Hall–Kier alpha value is 0.0797. The highest BCUT2D eigenvalue weighted by Gasteiger charge is 2.49. The van der Waals surface area contributed by atoms with Gasteiger partial charge in [0, 0.05) is 19.5 Å². The molecule has 0 amide bonds. The third-order valence-electron chi connectivity index (χ3n) is 6.63. The van der Waals surface area contributed by atoms with Crippen LogP contribution in [0.1, 0.15) is 11.1 Å². The highest BCUT2D eigenvalue weighted by molar-refractivity contribution is 9.11. The second-order valence-electron chi connectivity index (χ2n) is 9.10. The van der Waals surface area contributed by atoms with Crippen molar-refractivity contribution in [3.63, 3.8) is 0 Å². The molecule has 4 saturated heterocycles. The molecule has 7 rings (SSSR count). The first kappa shape index (κ1) is 24.1. The molecule has 6 nitrogen and oxygen atoms in total. The molecule has 0 saturated carbocycles. The summed E-state index contributed by atoms with van der Waals surface area (Å²) in [6, 6.07) is 9.13. The molecule has 0 spiro atoms. The van der Waals surface area contributed by atoms with E-state index < -0.39 is 0 Å². The van der Waals surface area contributed by atoms with E-state index in [-0.39, 0.29) is 28.2 Å². The minimum Gasteiger partial charge on any atom is -0.424 e. The van der Waals surface area contributed by atoms with Crippen LogP contribution in [-0.2, 0) is 31.5 Å². The van der Waals surface area contributed by atoms with Gasteiger partial charge in [0.1, 0.15) is 0 Å². The van der Waals surface area contributed by atoms with E-state index in [0.717, 1.165) is 52.0 Å². The first-order chi connectivity index (χ1) is 17.1. The summed E-state index contributed by atoms with van der Waals surface area (Å²) in [5.41, 5.74) is 2.78. The van der Waals surface area contributed by atoms with Gasteiger partial charge >= 0.3 is 28.2 Å². The van der Waals surface area contributed by atoms with Crippen LogP contribution in [0.5, 0.6) is 0 Å². The minimum atomic E-state index is 0.242. The van der Waals surface area contributed by atoms with Crippen LogP contribution in [-0.4, -0.2) is 76.8 Å². The highest BCUT2D eigenvalue weighted by Crippen LogP contribution is 2.45. The molecule has 0 bridgehead atoms. The largest absolute Gasteiger partial charge is 0.424 e. The van der Waals surface area contributed by atoms with Crippen LogP contribution in [0.25, 0.3) is 19.5 Å². The normalized spacial score (nSPS) is 18.4. The number of thiophene rings is 3. The molecule has 0 atom stereocenters. The summed E-state index contributed by atoms with van der Waals surface area (Å²) >= 11 is 13.0. The van der Waals surface area contributed by atoms with E-state index in [2.05, 4.69) is 65.6 Å². The monoisotopic (exact) mass is 650 g/mol. The van der Waals surface area contributed by atoms with Crippen molar-refractivity contribution in [2.45, 2.75) is 12.8 Å². The molecule has 4 aliphatic rings. The Labute approximate surface area is 235 Å². The SMILES string of the molecule is Brc1cc(CCN(B2CO2)B2CO2)c(-c2ccc(-c3sc(Br)cc3CCN(B3CO3)B3CO3)s2)s1. The maximum Gasteiger partial charge on any atom is 0.398 e. The van der Waals surface area contributed by atoms with Gasteiger partial charge in [-0.2, -0.15) is 0 Å². The molecule has 4 fully saturated rings. The van der Waals surface area contributed by atoms with Gasteiger partial charge in [0.05, 0.1) is 33.6 Å². The lowest BCUT2D eigenvalue weighted by Gasteiger charge is -2.14. The maximum atomic E-state index is 5.54. The van der Waals surface area contributed by atoms with Crippen LogP contribution in [0.4, 0.5) is 0 Å². The molecule has 0 aliphatic carbocycles. The zero-order chi connectivity index (χ0) is 23.5. The van der Waals surface area contributed by atoms with Gasteiger partial charge in [-0.15, -0.1) is 34.0 Å². The first-order valence-electron chi connectivity index (χ1n) is 11.8. The number of hydrogen-bond donors (Lipinski definition) is 0. The van der Waals surface area contributed by atoms with E-state index in [1.807, 2.05) is 34.0 Å². The summed E-state index contributed by atoms with van der Waals surface area (Å²) in [6.07, 6.45) is 1.98. The minimum absolute atomic E-state index is 0.242. The fourth-order valence-corrected chi connectivity index (χ4v) is 9.24. The predicted octanol–water partition coefficient (Wildman–Crippen LogP) is 4.65. The van der Waals surface area contributed by atoms with Gasteiger partial charge in [-0.25, -0.2) is 0 Å². The lowest BCUT2D eigenvalue weighted by molar-refractivity contribution is 0.494. The van der Waals surface area contributed by atoms with E-state index in [1.54, 1.807) is 0 Å².